The Morgan fingerprint density at radius 3 is 2.52 bits per heavy atom. The lowest BCUT2D eigenvalue weighted by atomic mass is 10.2. The monoisotopic (exact) mass is 311 g/mol. The largest absolute Gasteiger partial charge is 0.353 e. The number of nitrogens with one attached hydrogen (secondary N) is 1. The molecule has 1 aliphatic heterocycles. The molecular formula is C17H21N5O. The van der Waals surface area contributed by atoms with Gasteiger partial charge in [0.25, 0.3) is 0 Å². The third kappa shape index (κ3) is 4.26. The molecule has 23 heavy (non-hydrogen) atoms. The average Bonchev–Trinajstić information content (AvgIpc) is 2.58. The second kappa shape index (κ2) is 7.19. The van der Waals surface area contributed by atoms with Crippen LogP contribution in [-0.2, 0) is 4.79 Å². The molecule has 6 nitrogen and oxygen atoms in total. The van der Waals surface area contributed by atoms with Crippen molar-refractivity contribution in [3.05, 3.63) is 48.4 Å². The molecule has 0 spiro atoms. The van der Waals surface area contributed by atoms with E-state index in [1.165, 1.54) is 5.56 Å². The van der Waals surface area contributed by atoms with E-state index in [4.69, 9.17) is 0 Å². The lowest BCUT2D eigenvalue weighted by Gasteiger charge is -2.34. The molecule has 1 fully saturated rings. The number of aryl methyl sites for hydroxylation is 1. The molecular weight excluding hydrogens is 290 g/mol. The molecule has 1 aromatic carbocycles. The summed E-state index contributed by atoms with van der Waals surface area (Å²) in [4.78, 5) is 24.9. The van der Waals surface area contributed by atoms with Crippen LogP contribution >= 0.6 is 0 Å². The number of anilines is 2. The predicted octanol–water partition coefficient (Wildman–Crippen LogP) is 1.55. The van der Waals surface area contributed by atoms with Gasteiger partial charge in [-0.3, -0.25) is 14.7 Å². The Labute approximate surface area is 136 Å². The number of carbonyl (C=O) groups excluding carboxylic acids is 1. The highest BCUT2D eigenvalue weighted by molar-refractivity contribution is 5.92. The Bertz CT molecular complexity index is 636. The van der Waals surface area contributed by atoms with E-state index in [-0.39, 0.29) is 5.91 Å². The van der Waals surface area contributed by atoms with Gasteiger partial charge in [0.05, 0.1) is 12.7 Å². The van der Waals surface area contributed by atoms with Gasteiger partial charge in [-0.25, -0.2) is 4.98 Å². The molecule has 1 aliphatic rings. The van der Waals surface area contributed by atoms with E-state index >= 15 is 0 Å². The highest BCUT2D eigenvalue weighted by Gasteiger charge is 2.19. The molecule has 0 aliphatic carbocycles. The molecule has 2 aromatic rings. The van der Waals surface area contributed by atoms with Gasteiger partial charge in [0.2, 0.25) is 5.91 Å². The fourth-order valence-electron chi connectivity index (χ4n) is 2.63. The SMILES string of the molecule is Cc1ccc(NC(=O)CN2CCN(c3cnccn3)CC2)cc1. The van der Waals surface area contributed by atoms with Gasteiger partial charge < -0.3 is 10.2 Å². The zero-order valence-corrected chi connectivity index (χ0v) is 13.3. The van der Waals surface area contributed by atoms with Gasteiger partial charge in [0.15, 0.2) is 0 Å². The summed E-state index contributed by atoms with van der Waals surface area (Å²) in [6, 6.07) is 7.85. The lowest BCUT2D eigenvalue weighted by molar-refractivity contribution is -0.117. The molecule has 2 heterocycles. The minimum absolute atomic E-state index is 0.0294. The van der Waals surface area contributed by atoms with Crippen LogP contribution in [0.15, 0.2) is 42.9 Å². The third-order valence-corrected chi connectivity index (χ3v) is 3.95. The normalized spacial score (nSPS) is 15.4. The number of aromatic nitrogens is 2. The van der Waals surface area contributed by atoms with E-state index in [0.717, 1.165) is 37.7 Å². The summed E-state index contributed by atoms with van der Waals surface area (Å²) < 4.78 is 0. The number of benzene rings is 1. The fourth-order valence-corrected chi connectivity index (χ4v) is 2.63. The second-order valence-electron chi connectivity index (χ2n) is 5.74. The van der Waals surface area contributed by atoms with Crippen LogP contribution < -0.4 is 10.2 Å². The summed E-state index contributed by atoms with van der Waals surface area (Å²) in [5, 5.41) is 2.94. The molecule has 0 bridgehead atoms. The number of carbonyl (C=O) groups is 1. The van der Waals surface area contributed by atoms with E-state index < -0.39 is 0 Å². The van der Waals surface area contributed by atoms with Gasteiger partial charge in [-0.1, -0.05) is 17.7 Å². The van der Waals surface area contributed by atoms with Gasteiger partial charge in [-0.15, -0.1) is 0 Å². The highest BCUT2D eigenvalue weighted by atomic mass is 16.2. The van der Waals surface area contributed by atoms with E-state index in [1.54, 1.807) is 18.6 Å². The zero-order chi connectivity index (χ0) is 16.1. The van der Waals surface area contributed by atoms with Crippen molar-refractivity contribution in [2.75, 3.05) is 42.9 Å². The molecule has 0 saturated carbocycles. The van der Waals surface area contributed by atoms with Crippen molar-refractivity contribution in [1.82, 2.24) is 14.9 Å². The van der Waals surface area contributed by atoms with Crippen molar-refractivity contribution in [3.8, 4) is 0 Å². The molecule has 1 aromatic heterocycles. The van der Waals surface area contributed by atoms with E-state index in [1.807, 2.05) is 31.2 Å². The van der Waals surface area contributed by atoms with Crippen molar-refractivity contribution < 1.29 is 4.79 Å². The summed E-state index contributed by atoms with van der Waals surface area (Å²) in [6.07, 6.45) is 5.16. The Hall–Kier alpha value is -2.47. The van der Waals surface area contributed by atoms with Crippen LogP contribution in [0.3, 0.4) is 0 Å². The Kier molecular flexibility index (Phi) is 4.83. The molecule has 3 rings (SSSR count). The van der Waals surface area contributed by atoms with Gasteiger partial charge in [0, 0.05) is 44.3 Å². The topological polar surface area (TPSA) is 61.4 Å². The second-order valence-corrected chi connectivity index (χ2v) is 5.74. The number of hydrogen-bond donors (Lipinski definition) is 1. The van der Waals surface area contributed by atoms with Crippen LogP contribution in [0.5, 0.6) is 0 Å². The number of hydrogen-bond acceptors (Lipinski definition) is 5. The molecule has 0 unspecified atom stereocenters. The summed E-state index contributed by atoms with van der Waals surface area (Å²) >= 11 is 0. The third-order valence-electron chi connectivity index (χ3n) is 3.95. The standard InChI is InChI=1S/C17H21N5O/c1-14-2-4-15(5-3-14)20-17(23)13-21-8-10-22(11-9-21)16-12-18-6-7-19-16/h2-7,12H,8-11,13H2,1H3,(H,20,23). The summed E-state index contributed by atoms with van der Waals surface area (Å²) in [5.41, 5.74) is 2.03. The van der Waals surface area contributed by atoms with Crippen LogP contribution in [-0.4, -0.2) is 53.5 Å². The number of rotatable bonds is 4. The van der Waals surface area contributed by atoms with Crippen LogP contribution in [0.4, 0.5) is 11.5 Å². The molecule has 0 atom stereocenters. The van der Waals surface area contributed by atoms with Crippen molar-refractivity contribution in [3.63, 3.8) is 0 Å². The van der Waals surface area contributed by atoms with Crippen LogP contribution in [0.1, 0.15) is 5.56 Å². The molecule has 1 N–H and O–H groups in total. The average molecular weight is 311 g/mol. The maximum absolute atomic E-state index is 12.1. The smallest absolute Gasteiger partial charge is 0.238 e. The van der Waals surface area contributed by atoms with Gasteiger partial charge in [-0.2, -0.15) is 0 Å². The van der Waals surface area contributed by atoms with Crippen molar-refractivity contribution in [2.24, 2.45) is 0 Å². The van der Waals surface area contributed by atoms with Crippen LogP contribution in [0.25, 0.3) is 0 Å². The molecule has 1 amide bonds. The number of nitrogens with zero attached hydrogens (tertiary/aromatic N) is 4. The summed E-state index contributed by atoms with van der Waals surface area (Å²) in [5.74, 6) is 0.929. The summed E-state index contributed by atoms with van der Waals surface area (Å²) in [7, 11) is 0. The Morgan fingerprint density at radius 1 is 1.13 bits per heavy atom. The van der Waals surface area contributed by atoms with E-state index in [9.17, 15) is 4.79 Å². The fraction of sp³-hybridized carbons (Fsp3) is 0.353. The number of piperazine rings is 1. The first kappa shape index (κ1) is 15.4. The quantitative estimate of drug-likeness (QED) is 0.928. The molecule has 120 valence electrons. The van der Waals surface area contributed by atoms with Crippen molar-refractivity contribution in [1.29, 1.82) is 0 Å². The first-order valence-corrected chi connectivity index (χ1v) is 7.80. The van der Waals surface area contributed by atoms with E-state index in [2.05, 4.69) is 25.1 Å². The van der Waals surface area contributed by atoms with E-state index in [0.29, 0.717) is 6.54 Å². The highest BCUT2D eigenvalue weighted by Crippen LogP contribution is 2.12. The lowest BCUT2D eigenvalue weighted by Crippen LogP contribution is -2.48. The first-order valence-electron chi connectivity index (χ1n) is 7.80. The Balaban J connectivity index is 1.47. The van der Waals surface area contributed by atoms with Crippen molar-refractivity contribution >= 4 is 17.4 Å². The number of amides is 1. The minimum Gasteiger partial charge on any atom is -0.353 e. The first-order chi connectivity index (χ1) is 11.2. The van der Waals surface area contributed by atoms with Gasteiger partial charge in [0.1, 0.15) is 5.82 Å². The molecule has 0 radical (unpaired) electrons. The zero-order valence-electron chi connectivity index (χ0n) is 13.3. The van der Waals surface area contributed by atoms with Crippen molar-refractivity contribution in [2.45, 2.75) is 6.92 Å². The molecule has 6 heteroatoms. The predicted molar refractivity (Wildman–Crippen MR) is 90.5 cm³/mol. The summed E-state index contributed by atoms with van der Waals surface area (Å²) in [6.45, 7) is 5.85. The maximum atomic E-state index is 12.1. The maximum Gasteiger partial charge on any atom is 0.238 e. The molecule has 1 saturated heterocycles. The van der Waals surface area contributed by atoms with Crippen LogP contribution in [0.2, 0.25) is 0 Å². The Morgan fingerprint density at radius 2 is 1.87 bits per heavy atom. The minimum atomic E-state index is 0.0294. The van der Waals surface area contributed by atoms with Gasteiger partial charge in [-0.05, 0) is 19.1 Å². The van der Waals surface area contributed by atoms with Gasteiger partial charge >= 0.3 is 0 Å². The van der Waals surface area contributed by atoms with Crippen LogP contribution in [0, 0.1) is 6.92 Å².